The number of Topliss-reactive ketones (excluding diaryl/α,β-unsaturated/α-hetero) is 1. The van der Waals surface area contributed by atoms with Crippen LogP contribution in [0.5, 0.6) is 0 Å². The van der Waals surface area contributed by atoms with Crippen LogP contribution in [-0.4, -0.2) is 55.7 Å². The van der Waals surface area contributed by atoms with Gasteiger partial charge in [0.1, 0.15) is 5.92 Å². The van der Waals surface area contributed by atoms with Crippen LogP contribution in [0.3, 0.4) is 0 Å². The normalized spacial score (nSPS) is 25.7. The lowest BCUT2D eigenvalue weighted by atomic mass is 9.61. The van der Waals surface area contributed by atoms with Crippen molar-refractivity contribution in [2.45, 2.75) is 52.6 Å². The number of rotatable bonds is 8. The fraction of sp³-hybridized carbons (Fsp3) is 0.640. The van der Waals surface area contributed by atoms with E-state index in [1.807, 2.05) is 58.8 Å². The molecular formula is C25H37NO6. The smallest absolute Gasteiger partial charge is 0.317 e. The second-order valence-corrected chi connectivity index (χ2v) is 10.0. The van der Waals surface area contributed by atoms with E-state index in [9.17, 15) is 19.5 Å². The van der Waals surface area contributed by atoms with Gasteiger partial charge in [-0.3, -0.25) is 14.4 Å². The van der Waals surface area contributed by atoms with Crippen molar-refractivity contribution < 1.29 is 29.0 Å². The van der Waals surface area contributed by atoms with E-state index in [0.717, 1.165) is 5.69 Å². The minimum Gasteiger partial charge on any atom is -0.465 e. The van der Waals surface area contributed by atoms with Gasteiger partial charge < -0.3 is 19.5 Å². The third-order valence-corrected chi connectivity index (χ3v) is 5.69. The second kappa shape index (κ2) is 10.5. The van der Waals surface area contributed by atoms with Crippen molar-refractivity contribution in [1.82, 2.24) is 0 Å². The van der Waals surface area contributed by atoms with Gasteiger partial charge in [-0.05, 0) is 36.5 Å². The van der Waals surface area contributed by atoms with Crippen molar-refractivity contribution in [2.75, 3.05) is 32.2 Å². The molecule has 0 radical (unpaired) electrons. The fourth-order valence-corrected chi connectivity index (χ4v) is 4.09. The molecule has 32 heavy (non-hydrogen) atoms. The van der Waals surface area contributed by atoms with E-state index in [-0.39, 0.29) is 31.5 Å². The summed E-state index contributed by atoms with van der Waals surface area (Å²) in [6.07, 6.45) is -0.317. The molecule has 0 aromatic heterocycles. The Morgan fingerprint density at radius 2 is 1.53 bits per heavy atom. The van der Waals surface area contributed by atoms with E-state index in [1.165, 1.54) is 6.92 Å². The quantitative estimate of drug-likeness (QED) is 0.483. The molecule has 0 bridgehead atoms. The first kappa shape index (κ1) is 25.8. The number of ketones is 1. The number of ether oxygens (including phenoxy) is 2. The Morgan fingerprint density at radius 3 is 2.00 bits per heavy atom. The van der Waals surface area contributed by atoms with Gasteiger partial charge in [0.15, 0.2) is 5.78 Å². The maximum atomic E-state index is 13.2. The summed E-state index contributed by atoms with van der Waals surface area (Å²) in [6, 6.07) is 7.30. The Kier molecular flexibility index (Phi) is 8.46. The number of carbonyl (C=O) groups is 3. The van der Waals surface area contributed by atoms with Crippen molar-refractivity contribution in [2.24, 2.45) is 23.7 Å². The highest BCUT2D eigenvalue weighted by Crippen LogP contribution is 2.47. The van der Waals surface area contributed by atoms with Gasteiger partial charge in [-0.2, -0.15) is 0 Å². The molecule has 7 nitrogen and oxygen atoms in total. The zero-order chi connectivity index (χ0) is 24.2. The van der Waals surface area contributed by atoms with E-state index < -0.39 is 41.1 Å². The van der Waals surface area contributed by atoms with Gasteiger partial charge in [0, 0.05) is 32.1 Å². The van der Waals surface area contributed by atoms with Crippen LogP contribution in [0.2, 0.25) is 0 Å². The molecular weight excluding hydrogens is 410 g/mol. The average Bonchev–Trinajstić information content (AvgIpc) is 2.69. The molecule has 1 N–H and O–H groups in total. The zero-order valence-electron chi connectivity index (χ0n) is 20.3. The Morgan fingerprint density at radius 1 is 1.03 bits per heavy atom. The standard InChI is InChI=1S/C25H37NO6/c1-15(2)13-31-23(28)21-19(27)12-25(5,30)22(24(29)32-14-16(3)4)20(21)17-8-10-18(11-9-17)26(6)7/h8-11,15-16,20-22,30H,12-14H2,1-7H3/t20-,21+,22+,25-/m0/s1. The summed E-state index contributed by atoms with van der Waals surface area (Å²) in [6.45, 7) is 9.47. The monoisotopic (exact) mass is 447 g/mol. The summed E-state index contributed by atoms with van der Waals surface area (Å²) in [7, 11) is 3.81. The summed E-state index contributed by atoms with van der Waals surface area (Å²) < 4.78 is 10.9. The third-order valence-electron chi connectivity index (χ3n) is 5.69. The third kappa shape index (κ3) is 6.09. The topological polar surface area (TPSA) is 93.1 Å². The summed E-state index contributed by atoms with van der Waals surface area (Å²) in [5.41, 5.74) is -0.104. The van der Waals surface area contributed by atoms with E-state index in [0.29, 0.717) is 5.56 Å². The molecule has 1 aliphatic rings. The molecule has 0 saturated heterocycles. The van der Waals surface area contributed by atoms with Crippen molar-refractivity contribution in [3.8, 4) is 0 Å². The van der Waals surface area contributed by atoms with Crippen molar-refractivity contribution in [3.05, 3.63) is 29.8 Å². The Bertz CT molecular complexity index is 812. The van der Waals surface area contributed by atoms with Gasteiger partial charge in [-0.25, -0.2) is 0 Å². The number of carbonyl (C=O) groups excluding carboxylic acids is 3. The lowest BCUT2D eigenvalue weighted by Crippen LogP contribution is -2.55. The van der Waals surface area contributed by atoms with Crippen LogP contribution in [0.1, 0.15) is 52.5 Å². The average molecular weight is 448 g/mol. The van der Waals surface area contributed by atoms with Gasteiger partial charge >= 0.3 is 11.9 Å². The van der Waals surface area contributed by atoms with Crippen LogP contribution in [-0.2, 0) is 23.9 Å². The van der Waals surface area contributed by atoms with Gasteiger partial charge in [0.2, 0.25) is 0 Å². The number of hydrogen-bond donors (Lipinski definition) is 1. The van der Waals surface area contributed by atoms with Crippen LogP contribution >= 0.6 is 0 Å². The largest absolute Gasteiger partial charge is 0.465 e. The van der Waals surface area contributed by atoms with Crippen molar-refractivity contribution in [3.63, 3.8) is 0 Å². The first-order chi connectivity index (χ1) is 14.8. The minimum atomic E-state index is -1.65. The van der Waals surface area contributed by atoms with Crippen molar-refractivity contribution in [1.29, 1.82) is 0 Å². The lowest BCUT2D eigenvalue weighted by Gasteiger charge is -2.43. The van der Waals surface area contributed by atoms with Gasteiger partial charge in [-0.1, -0.05) is 39.8 Å². The molecule has 4 atom stereocenters. The first-order valence-corrected chi connectivity index (χ1v) is 11.2. The lowest BCUT2D eigenvalue weighted by molar-refractivity contribution is -0.173. The molecule has 1 aromatic rings. The van der Waals surface area contributed by atoms with Crippen LogP contribution in [0.25, 0.3) is 0 Å². The van der Waals surface area contributed by atoms with E-state index in [4.69, 9.17) is 9.47 Å². The van der Waals surface area contributed by atoms with E-state index in [2.05, 4.69) is 0 Å². The number of nitrogens with zero attached hydrogens (tertiary/aromatic N) is 1. The van der Waals surface area contributed by atoms with Crippen LogP contribution in [0, 0.1) is 23.7 Å². The number of anilines is 1. The number of aliphatic hydroxyl groups is 1. The molecule has 1 fully saturated rings. The maximum Gasteiger partial charge on any atom is 0.317 e. The summed E-state index contributed by atoms with van der Waals surface area (Å²) in [5, 5.41) is 11.2. The first-order valence-electron chi connectivity index (χ1n) is 11.2. The molecule has 7 heteroatoms. The molecule has 0 unspecified atom stereocenters. The summed E-state index contributed by atoms with van der Waals surface area (Å²) in [4.78, 5) is 41.2. The van der Waals surface area contributed by atoms with E-state index in [1.54, 1.807) is 12.1 Å². The molecule has 0 aliphatic heterocycles. The molecule has 0 amide bonds. The number of esters is 2. The molecule has 1 aromatic carbocycles. The minimum absolute atomic E-state index is 0.102. The predicted octanol–water partition coefficient (Wildman–Crippen LogP) is 3.19. The highest BCUT2D eigenvalue weighted by atomic mass is 16.5. The van der Waals surface area contributed by atoms with Crippen LogP contribution in [0.15, 0.2) is 24.3 Å². The van der Waals surface area contributed by atoms with E-state index >= 15 is 0 Å². The number of hydrogen-bond acceptors (Lipinski definition) is 7. The summed E-state index contributed by atoms with van der Waals surface area (Å²) >= 11 is 0. The second-order valence-electron chi connectivity index (χ2n) is 10.0. The molecule has 0 spiro atoms. The molecule has 2 rings (SSSR count). The predicted molar refractivity (Wildman–Crippen MR) is 122 cm³/mol. The van der Waals surface area contributed by atoms with Gasteiger partial charge in [0.05, 0.1) is 24.7 Å². The van der Waals surface area contributed by atoms with Gasteiger partial charge in [0.25, 0.3) is 0 Å². The highest BCUT2D eigenvalue weighted by Gasteiger charge is 2.57. The Labute approximate surface area is 191 Å². The van der Waals surface area contributed by atoms with Crippen LogP contribution < -0.4 is 4.90 Å². The Balaban J connectivity index is 2.54. The molecule has 1 saturated carbocycles. The molecule has 1 aliphatic carbocycles. The summed E-state index contributed by atoms with van der Waals surface area (Å²) in [5.74, 6) is -4.65. The molecule has 0 heterocycles. The zero-order valence-corrected chi connectivity index (χ0v) is 20.3. The van der Waals surface area contributed by atoms with Gasteiger partial charge in [-0.15, -0.1) is 0 Å². The highest BCUT2D eigenvalue weighted by molar-refractivity contribution is 6.02. The Hall–Kier alpha value is -2.41. The van der Waals surface area contributed by atoms with Crippen LogP contribution in [0.4, 0.5) is 5.69 Å². The SMILES string of the molecule is CC(C)COC(=O)[C@@H]1C(=O)C[C@](C)(O)[C@@H](C(=O)OCC(C)C)[C@H]1c1ccc(N(C)C)cc1. The molecule has 178 valence electrons. The van der Waals surface area contributed by atoms with Crippen molar-refractivity contribution >= 4 is 23.4 Å². The maximum absolute atomic E-state index is 13.2. The fourth-order valence-electron chi connectivity index (χ4n) is 4.09. The number of benzene rings is 1.